The van der Waals surface area contributed by atoms with Gasteiger partial charge in [0.25, 0.3) is 0 Å². The zero-order chi connectivity index (χ0) is 19.0. The summed E-state index contributed by atoms with van der Waals surface area (Å²) >= 11 is 0. The lowest BCUT2D eigenvalue weighted by Gasteiger charge is -2.11. The monoisotopic (exact) mass is 369 g/mol. The highest BCUT2D eigenvalue weighted by Crippen LogP contribution is 2.46. The molecule has 1 fully saturated rings. The van der Waals surface area contributed by atoms with Gasteiger partial charge in [-0.3, -0.25) is 4.68 Å². The molecule has 27 heavy (non-hydrogen) atoms. The fourth-order valence-corrected chi connectivity index (χ4v) is 3.52. The summed E-state index contributed by atoms with van der Waals surface area (Å²) in [6.45, 7) is 5.85. The molecule has 0 bridgehead atoms. The highest BCUT2D eigenvalue weighted by molar-refractivity contribution is 5.60. The van der Waals surface area contributed by atoms with Crippen molar-refractivity contribution in [2.75, 3.05) is 24.2 Å². The van der Waals surface area contributed by atoms with E-state index in [0.29, 0.717) is 5.82 Å². The lowest BCUT2D eigenvalue weighted by molar-refractivity contribution is 0.190. The van der Waals surface area contributed by atoms with Gasteiger partial charge in [-0.05, 0) is 32.3 Å². The number of hydrogen-bond donors (Lipinski definition) is 3. The molecule has 4 N–H and O–H groups in total. The van der Waals surface area contributed by atoms with Gasteiger partial charge in [0.1, 0.15) is 11.6 Å². The van der Waals surface area contributed by atoms with E-state index in [1.165, 1.54) is 0 Å². The molecule has 0 aromatic carbocycles. The third kappa shape index (κ3) is 3.49. The van der Waals surface area contributed by atoms with Gasteiger partial charge in [-0.2, -0.15) is 14.7 Å². The molecular weight excluding hydrogens is 342 g/mol. The van der Waals surface area contributed by atoms with Gasteiger partial charge in [-0.1, -0.05) is 6.92 Å². The minimum absolute atomic E-state index is 0.0682. The van der Waals surface area contributed by atoms with Gasteiger partial charge in [0.2, 0.25) is 0 Å². The molecule has 3 aromatic rings. The minimum Gasteiger partial charge on any atom is -0.396 e. The number of nitrogens with zero attached hydrogens (tertiary/aromatic N) is 5. The molecule has 0 atom stereocenters. The second-order valence-electron chi connectivity index (χ2n) is 7.56. The van der Waals surface area contributed by atoms with Gasteiger partial charge in [-0.25, -0.2) is 4.98 Å². The van der Waals surface area contributed by atoms with Crippen LogP contribution in [0.1, 0.15) is 36.7 Å². The van der Waals surface area contributed by atoms with E-state index in [4.69, 9.17) is 5.73 Å². The summed E-state index contributed by atoms with van der Waals surface area (Å²) in [6.07, 6.45) is 5.84. The predicted molar refractivity (Wildman–Crippen MR) is 105 cm³/mol. The van der Waals surface area contributed by atoms with Crippen molar-refractivity contribution in [3.8, 4) is 0 Å². The van der Waals surface area contributed by atoms with E-state index in [-0.39, 0.29) is 12.0 Å². The third-order valence-electron chi connectivity index (χ3n) is 5.44. The van der Waals surface area contributed by atoms with Crippen LogP contribution in [0, 0.1) is 12.3 Å². The van der Waals surface area contributed by atoms with E-state index >= 15 is 0 Å². The fourth-order valence-electron chi connectivity index (χ4n) is 3.52. The predicted octanol–water partition coefficient (Wildman–Crippen LogP) is 1.81. The molecule has 1 aliphatic carbocycles. The smallest absolute Gasteiger partial charge is 0.163 e. The van der Waals surface area contributed by atoms with Crippen molar-refractivity contribution in [3.63, 3.8) is 0 Å². The number of nitrogens with one attached hydrogen (secondary N) is 1. The number of nitrogens with two attached hydrogens (primary N) is 1. The second-order valence-corrected chi connectivity index (χ2v) is 7.56. The Bertz CT molecular complexity index is 955. The molecule has 0 saturated heterocycles. The number of aliphatic hydroxyl groups is 1. The van der Waals surface area contributed by atoms with E-state index in [0.717, 1.165) is 67.2 Å². The molecule has 8 nitrogen and oxygen atoms in total. The normalized spacial score (nSPS) is 15.4. The first-order chi connectivity index (χ1) is 13.0. The van der Waals surface area contributed by atoms with Crippen LogP contribution in [0.25, 0.3) is 5.65 Å². The molecule has 0 spiro atoms. The molecule has 0 amide bonds. The van der Waals surface area contributed by atoms with E-state index in [1.54, 1.807) is 4.52 Å². The average molecular weight is 369 g/mol. The average Bonchev–Trinajstić information content (AvgIpc) is 3.15. The maximum absolute atomic E-state index is 9.45. The Kier molecular flexibility index (Phi) is 4.51. The van der Waals surface area contributed by atoms with Crippen LogP contribution < -0.4 is 11.1 Å². The molecule has 4 rings (SSSR count). The topological polar surface area (TPSA) is 106 Å². The summed E-state index contributed by atoms with van der Waals surface area (Å²) in [7, 11) is 0. The Balaban J connectivity index is 1.40. The second kappa shape index (κ2) is 6.84. The van der Waals surface area contributed by atoms with Crippen LogP contribution in [-0.4, -0.2) is 42.6 Å². The summed E-state index contributed by atoms with van der Waals surface area (Å²) in [5, 5.41) is 21.9. The Labute approximate surface area is 158 Å². The number of rotatable bonds is 8. The highest BCUT2D eigenvalue weighted by atomic mass is 16.3. The molecule has 1 aliphatic rings. The van der Waals surface area contributed by atoms with E-state index in [9.17, 15) is 5.11 Å². The van der Waals surface area contributed by atoms with Gasteiger partial charge >= 0.3 is 0 Å². The molecule has 3 heterocycles. The first-order valence-electron chi connectivity index (χ1n) is 9.55. The third-order valence-corrected chi connectivity index (χ3v) is 5.44. The van der Waals surface area contributed by atoms with Gasteiger partial charge in [0, 0.05) is 42.8 Å². The molecule has 144 valence electrons. The van der Waals surface area contributed by atoms with Crippen LogP contribution in [-0.2, 0) is 19.4 Å². The zero-order valence-corrected chi connectivity index (χ0v) is 15.9. The Hall–Kier alpha value is -2.61. The summed E-state index contributed by atoms with van der Waals surface area (Å²) < 4.78 is 3.65. The van der Waals surface area contributed by atoms with Crippen LogP contribution in [0.2, 0.25) is 0 Å². The van der Waals surface area contributed by atoms with Gasteiger partial charge in [-0.15, -0.1) is 0 Å². The van der Waals surface area contributed by atoms with Gasteiger partial charge in [0.05, 0.1) is 18.0 Å². The van der Waals surface area contributed by atoms with Crippen molar-refractivity contribution < 1.29 is 5.11 Å². The number of aryl methyl sites for hydroxylation is 2. The zero-order valence-electron chi connectivity index (χ0n) is 15.9. The van der Waals surface area contributed by atoms with Crippen LogP contribution >= 0.6 is 0 Å². The summed E-state index contributed by atoms with van der Waals surface area (Å²) in [4.78, 5) is 4.69. The van der Waals surface area contributed by atoms with Gasteiger partial charge in [0.15, 0.2) is 5.65 Å². The summed E-state index contributed by atoms with van der Waals surface area (Å²) in [5.41, 5.74) is 10.2. The molecule has 1 saturated carbocycles. The van der Waals surface area contributed by atoms with Gasteiger partial charge < -0.3 is 16.2 Å². The Morgan fingerprint density at radius 3 is 2.85 bits per heavy atom. The van der Waals surface area contributed by atoms with Crippen molar-refractivity contribution >= 4 is 17.3 Å². The quantitative estimate of drug-likeness (QED) is 0.559. The molecule has 0 unspecified atom stereocenters. The van der Waals surface area contributed by atoms with Crippen LogP contribution in [0.4, 0.5) is 11.6 Å². The van der Waals surface area contributed by atoms with E-state index in [2.05, 4.69) is 27.4 Å². The van der Waals surface area contributed by atoms with Crippen molar-refractivity contribution in [2.24, 2.45) is 5.41 Å². The molecule has 8 heteroatoms. The van der Waals surface area contributed by atoms with E-state index < -0.39 is 0 Å². The molecule has 3 aromatic heterocycles. The van der Waals surface area contributed by atoms with Crippen molar-refractivity contribution in [1.82, 2.24) is 24.4 Å². The Morgan fingerprint density at radius 1 is 1.33 bits per heavy atom. The van der Waals surface area contributed by atoms with Crippen LogP contribution in [0.15, 0.2) is 18.3 Å². The van der Waals surface area contributed by atoms with E-state index in [1.807, 2.05) is 29.9 Å². The summed E-state index contributed by atoms with van der Waals surface area (Å²) in [5.74, 6) is 1.33. The Morgan fingerprint density at radius 2 is 2.15 bits per heavy atom. The SMILES string of the molecule is CCc1c(C)nn2c(N)cc(NCCc3ccn(CC4(CO)CC4)n3)nc12. The number of nitrogen functional groups attached to an aromatic ring is 1. The maximum atomic E-state index is 9.45. The van der Waals surface area contributed by atoms with Crippen molar-refractivity contribution in [3.05, 3.63) is 35.3 Å². The fraction of sp³-hybridized carbons (Fsp3) is 0.526. The maximum Gasteiger partial charge on any atom is 0.163 e. The van der Waals surface area contributed by atoms with Crippen molar-refractivity contribution in [2.45, 2.75) is 46.1 Å². The lowest BCUT2D eigenvalue weighted by Crippen LogP contribution is -2.16. The minimum atomic E-state index is 0.0682. The number of fused-ring (bicyclic) bond motifs is 1. The van der Waals surface area contributed by atoms with Crippen LogP contribution in [0.5, 0.6) is 0 Å². The molecule has 0 radical (unpaired) electrons. The highest BCUT2D eigenvalue weighted by Gasteiger charge is 2.42. The van der Waals surface area contributed by atoms with Crippen molar-refractivity contribution in [1.29, 1.82) is 0 Å². The largest absolute Gasteiger partial charge is 0.396 e. The number of aliphatic hydroxyl groups excluding tert-OH is 1. The molecule has 0 aliphatic heterocycles. The number of anilines is 2. The first kappa shape index (κ1) is 17.8. The van der Waals surface area contributed by atoms with Crippen LogP contribution in [0.3, 0.4) is 0 Å². The summed E-state index contributed by atoms with van der Waals surface area (Å²) in [6, 6.07) is 3.85. The number of aromatic nitrogens is 5. The number of hydrogen-bond acceptors (Lipinski definition) is 6. The lowest BCUT2D eigenvalue weighted by atomic mass is 10.1. The molecular formula is C19H27N7O. The first-order valence-corrected chi connectivity index (χ1v) is 9.55. The standard InChI is InChI=1S/C19H27N7O/c1-3-15-13(2)23-26-16(20)10-17(22-18(15)26)21-8-4-14-5-9-25(24-14)11-19(12-27)6-7-19/h5,9-10,27H,3-4,6-8,11-12,20H2,1-2H3,(H,21,22).